The van der Waals surface area contributed by atoms with Crippen molar-refractivity contribution in [2.24, 2.45) is 5.73 Å². The van der Waals surface area contributed by atoms with Gasteiger partial charge in [0, 0.05) is 5.56 Å². The molecule has 0 aromatic heterocycles. The molecular formula is C13H18N2O4. The van der Waals surface area contributed by atoms with Crippen molar-refractivity contribution < 1.29 is 19.8 Å². The van der Waals surface area contributed by atoms with Gasteiger partial charge in [-0.1, -0.05) is 18.2 Å². The Balaban J connectivity index is 2.76. The molecule has 0 saturated carbocycles. The van der Waals surface area contributed by atoms with Crippen molar-refractivity contribution in [1.29, 1.82) is 0 Å². The van der Waals surface area contributed by atoms with Gasteiger partial charge in [-0.3, -0.25) is 4.79 Å². The molecule has 1 atom stereocenters. The van der Waals surface area contributed by atoms with Crippen LogP contribution in [0, 0.1) is 0 Å². The number of hydrogen-bond acceptors (Lipinski definition) is 4. The molecule has 1 rings (SSSR count). The third-order valence-electron chi connectivity index (χ3n) is 2.73. The van der Waals surface area contributed by atoms with Crippen LogP contribution in [0.1, 0.15) is 22.8 Å². The van der Waals surface area contributed by atoms with Crippen LogP contribution in [0.25, 0.3) is 0 Å². The summed E-state index contributed by atoms with van der Waals surface area (Å²) in [6.07, 6.45) is 0.554. The molecule has 1 amide bonds. The molecule has 0 aliphatic rings. The number of nitrogens with one attached hydrogen (secondary N) is 1. The zero-order valence-corrected chi connectivity index (χ0v) is 10.7. The van der Waals surface area contributed by atoms with Gasteiger partial charge in [-0.2, -0.15) is 0 Å². The number of nitrogens with two attached hydrogens (primary N) is 1. The molecule has 0 spiro atoms. The van der Waals surface area contributed by atoms with Crippen LogP contribution in [0.2, 0.25) is 0 Å². The lowest BCUT2D eigenvalue weighted by Crippen LogP contribution is -2.46. The third kappa shape index (κ3) is 4.04. The van der Waals surface area contributed by atoms with Gasteiger partial charge < -0.3 is 21.3 Å². The van der Waals surface area contributed by atoms with E-state index >= 15 is 0 Å². The van der Waals surface area contributed by atoms with E-state index in [9.17, 15) is 14.7 Å². The van der Waals surface area contributed by atoms with Gasteiger partial charge in [0.05, 0.1) is 6.54 Å². The van der Waals surface area contributed by atoms with Crippen molar-refractivity contribution in [3.8, 4) is 0 Å². The van der Waals surface area contributed by atoms with Crippen LogP contribution >= 0.6 is 0 Å². The van der Waals surface area contributed by atoms with Crippen molar-refractivity contribution >= 4 is 11.9 Å². The van der Waals surface area contributed by atoms with Gasteiger partial charge in [0.15, 0.2) is 5.60 Å². The highest BCUT2D eigenvalue weighted by molar-refractivity contribution is 5.96. The van der Waals surface area contributed by atoms with E-state index in [1.54, 1.807) is 24.3 Å². The van der Waals surface area contributed by atoms with E-state index < -0.39 is 17.5 Å². The molecular weight excluding hydrogens is 248 g/mol. The lowest BCUT2D eigenvalue weighted by Gasteiger charge is -2.18. The van der Waals surface area contributed by atoms with Gasteiger partial charge in [-0.05, 0) is 31.5 Å². The molecule has 6 heteroatoms. The second kappa shape index (κ2) is 6.31. The van der Waals surface area contributed by atoms with Gasteiger partial charge in [0.25, 0.3) is 5.91 Å². The second-order valence-corrected chi connectivity index (χ2v) is 4.46. The van der Waals surface area contributed by atoms with Crippen molar-refractivity contribution in [1.82, 2.24) is 5.32 Å². The molecule has 19 heavy (non-hydrogen) atoms. The maximum Gasteiger partial charge on any atom is 0.337 e. The Labute approximate surface area is 111 Å². The molecule has 1 aromatic carbocycles. The number of hydrogen-bond donors (Lipinski definition) is 4. The average Bonchev–Trinajstić information content (AvgIpc) is 2.37. The van der Waals surface area contributed by atoms with Crippen molar-refractivity contribution in [3.63, 3.8) is 0 Å². The van der Waals surface area contributed by atoms with Gasteiger partial charge in [0.2, 0.25) is 0 Å². The summed E-state index contributed by atoms with van der Waals surface area (Å²) >= 11 is 0. The summed E-state index contributed by atoms with van der Waals surface area (Å²) in [4.78, 5) is 22.7. The summed E-state index contributed by atoms with van der Waals surface area (Å²) in [6.45, 7) is 1.18. The normalized spacial score (nSPS) is 13.6. The van der Waals surface area contributed by atoms with Crippen molar-refractivity contribution in [2.75, 3.05) is 13.1 Å². The smallest absolute Gasteiger partial charge is 0.337 e. The molecule has 1 aromatic rings. The molecule has 5 N–H and O–H groups in total. The third-order valence-corrected chi connectivity index (χ3v) is 2.73. The molecule has 1 unspecified atom stereocenters. The van der Waals surface area contributed by atoms with E-state index in [4.69, 9.17) is 10.8 Å². The fourth-order valence-corrected chi connectivity index (χ4v) is 1.54. The molecule has 0 saturated heterocycles. The number of aliphatic carboxylic acids is 1. The largest absolute Gasteiger partial charge is 0.479 e. The molecule has 0 fully saturated rings. The highest BCUT2D eigenvalue weighted by Gasteiger charge is 2.30. The van der Waals surface area contributed by atoms with E-state index in [2.05, 4.69) is 5.32 Å². The molecule has 6 nitrogen and oxygen atoms in total. The summed E-state index contributed by atoms with van der Waals surface area (Å²) in [5.74, 6) is -1.81. The first kappa shape index (κ1) is 15.1. The monoisotopic (exact) mass is 266 g/mol. The Morgan fingerprint density at radius 2 is 2.00 bits per heavy atom. The highest BCUT2D eigenvalue weighted by atomic mass is 16.4. The lowest BCUT2D eigenvalue weighted by atomic mass is 10.0. The standard InChI is InChI=1S/C13H18N2O4/c1-13(19,12(17)18)8-15-11(16)10-5-3-2-4-9(10)6-7-14/h2-5,19H,6-8,14H2,1H3,(H,15,16)(H,17,18). The lowest BCUT2D eigenvalue weighted by molar-refractivity contribution is -0.155. The Morgan fingerprint density at radius 1 is 1.37 bits per heavy atom. The SMILES string of the molecule is CC(O)(CNC(=O)c1ccccc1CCN)C(=O)O. The molecule has 0 heterocycles. The summed E-state index contributed by atoms with van der Waals surface area (Å²) in [6, 6.07) is 6.94. The van der Waals surface area contributed by atoms with Gasteiger partial charge in [-0.25, -0.2) is 4.79 Å². The number of carboxylic acid groups (broad SMARTS) is 1. The number of carbonyl (C=O) groups is 2. The van der Waals surface area contributed by atoms with Crippen molar-refractivity contribution in [3.05, 3.63) is 35.4 Å². The maximum absolute atomic E-state index is 12.0. The highest BCUT2D eigenvalue weighted by Crippen LogP contribution is 2.10. The zero-order chi connectivity index (χ0) is 14.5. The first-order valence-corrected chi connectivity index (χ1v) is 5.90. The predicted octanol–water partition coefficient (Wildman–Crippen LogP) is -0.247. The fourth-order valence-electron chi connectivity index (χ4n) is 1.54. The van der Waals surface area contributed by atoms with E-state index in [0.717, 1.165) is 12.5 Å². The van der Waals surface area contributed by atoms with Crippen LogP contribution in [0.4, 0.5) is 0 Å². The minimum Gasteiger partial charge on any atom is -0.479 e. The molecule has 104 valence electrons. The summed E-state index contributed by atoms with van der Waals surface area (Å²) in [5.41, 5.74) is 4.70. The van der Waals surface area contributed by atoms with Crippen LogP contribution < -0.4 is 11.1 Å². The predicted molar refractivity (Wildman–Crippen MR) is 69.8 cm³/mol. The molecule has 0 bridgehead atoms. The van der Waals surface area contributed by atoms with Crippen LogP contribution in [-0.4, -0.2) is 40.8 Å². The quantitative estimate of drug-likeness (QED) is 0.567. The number of amides is 1. The Hall–Kier alpha value is -1.92. The van der Waals surface area contributed by atoms with Crippen LogP contribution in [0.5, 0.6) is 0 Å². The second-order valence-electron chi connectivity index (χ2n) is 4.46. The Bertz CT molecular complexity index is 471. The van der Waals surface area contributed by atoms with E-state index in [0.29, 0.717) is 18.5 Å². The summed E-state index contributed by atoms with van der Waals surface area (Å²) in [5, 5.41) is 20.7. The fraction of sp³-hybridized carbons (Fsp3) is 0.385. The average molecular weight is 266 g/mol. The van der Waals surface area contributed by atoms with Gasteiger partial charge in [-0.15, -0.1) is 0 Å². The maximum atomic E-state index is 12.0. The topological polar surface area (TPSA) is 113 Å². The molecule has 0 aliphatic heterocycles. The van der Waals surface area contributed by atoms with Crippen LogP contribution in [-0.2, 0) is 11.2 Å². The van der Waals surface area contributed by atoms with Crippen LogP contribution in [0.15, 0.2) is 24.3 Å². The Kier molecular flexibility index (Phi) is 5.02. The number of carbonyl (C=O) groups excluding carboxylic acids is 1. The number of aliphatic hydroxyl groups is 1. The number of rotatable bonds is 6. The summed E-state index contributed by atoms with van der Waals surface area (Å²) < 4.78 is 0. The minimum atomic E-state index is -1.99. The van der Waals surface area contributed by atoms with Crippen molar-refractivity contribution in [2.45, 2.75) is 18.9 Å². The van der Waals surface area contributed by atoms with Gasteiger partial charge in [0.1, 0.15) is 0 Å². The minimum absolute atomic E-state index is 0.363. The Morgan fingerprint density at radius 3 is 2.58 bits per heavy atom. The molecule has 0 aliphatic carbocycles. The van der Waals surface area contributed by atoms with E-state index in [1.165, 1.54) is 0 Å². The number of benzene rings is 1. The molecule has 0 radical (unpaired) electrons. The van der Waals surface area contributed by atoms with E-state index in [1.807, 2.05) is 0 Å². The van der Waals surface area contributed by atoms with E-state index in [-0.39, 0.29) is 6.54 Å². The van der Waals surface area contributed by atoms with Crippen LogP contribution in [0.3, 0.4) is 0 Å². The first-order chi connectivity index (χ1) is 8.88. The zero-order valence-electron chi connectivity index (χ0n) is 10.7. The first-order valence-electron chi connectivity index (χ1n) is 5.90. The summed E-state index contributed by atoms with van der Waals surface area (Å²) in [7, 11) is 0. The number of carboxylic acids is 1. The van der Waals surface area contributed by atoms with Gasteiger partial charge >= 0.3 is 5.97 Å².